The Kier molecular flexibility index (Phi) is 3.90. The van der Waals surface area contributed by atoms with Crippen LogP contribution >= 0.6 is 0 Å². The molecular formula is C11H15NO5. The highest BCUT2D eigenvalue weighted by atomic mass is 16.6. The fourth-order valence-electron chi connectivity index (χ4n) is 1.12. The Bertz CT molecular complexity index is 411. The van der Waals surface area contributed by atoms with Gasteiger partial charge in [-0.2, -0.15) is 0 Å². The number of rotatable bonds is 5. The topological polar surface area (TPSA) is 81.8 Å². The van der Waals surface area contributed by atoms with E-state index < -0.39 is 10.5 Å². The zero-order valence-electron chi connectivity index (χ0n) is 9.97. The molecule has 0 unspecified atom stereocenters. The molecule has 0 atom stereocenters. The van der Waals surface area contributed by atoms with Crippen LogP contribution < -0.4 is 9.47 Å². The Labute approximate surface area is 98.9 Å². The molecule has 94 valence electrons. The van der Waals surface area contributed by atoms with Gasteiger partial charge in [0.1, 0.15) is 18.1 Å². The van der Waals surface area contributed by atoms with Crippen molar-refractivity contribution in [1.29, 1.82) is 0 Å². The van der Waals surface area contributed by atoms with E-state index in [4.69, 9.17) is 9.47 Å². The van der Waals surface area contributed by atoms with Crippen LogP contribution in [0.4, 0.5) is 5.69 Å². The quantitative estimate of drug-likeness (QED) is 0.627. The molecule has 0 bridgehead atoms. The van der Waals surface area contributed by atoms with Crippen LogP contribution in [0.5, 0.6) is 11.5 Å². The molecule has 1 rings (SSSR count). The predicted molar refractivity (Wildman–Crippen MR) is 61.4 cm³/mol. The van der Waals surface area contributed by atoms with Crippen molar-refractivity contribution in [2.45, 2.75) is 19.4 Å². The lowest BCUT2D eigenvalue weighted by Gasteiger charge is -2.17. The van der Waals surface area contributed by atoms with Gasteiger partial charge >= 0.3 is 0 Å². The standard InChI is InChI=1S/C11H15NO5/c1-11(2,13)7-17-10-5-8(12(14)15)4-9(6-10)16-3/h4-6,13H,7H2,1-3H3. The van der Waals surface area contributed by atoms with Gasteiger partial charge in [0, 0.05) is 6.07 Å². The summed E-state index contributed by atoms with van der Waals surface area (Å²) >= 11 is 0. The van der Waals surface area contributed by atoms with E-state index in [0.29, 0.717) is 5.75 Å². The van der Waals surface area contributed by atoms with E-state index in [1.165, 1.54) is 25.3 Å². The average molecular weight is 241 g/mol. The predicted octanol–water partition coefficient (Wildman–Crippen LogP) is 1.75. The second kappa shape index (κ2) is 5.01. The van der Waals surface area contributed by atoms with Crippen LogP contribution in [-0.4, -0.2) is 29.3 Å². The second-order valence-electron chi connectivity index (χ2n) is 4.22. The summed E-state index contributed by atoms with van der Waals surface area (Å²) in [6.07, 6.45) is 0. The number of aliphatic hydroxyl groups is 1. The molecule has 17 heavy (non-hydrogen) atoms. The molecule has 0 heterocycles. The highest BCUT2D eigenvalue weighted by Gasteiger charge is 2.16. The lowest BCUT2D eigenvalue weighted by Crippen LogP contribution is -2.27. The SMILES string of the molecule is COc1cc(OCC(C)(C)O)cc([N+](=O)[O-])c1. The molecule has 0 radical (unpaired) electrons. The Morgan fingerprint density at radius 2 is 1.94 bits per heavy atom. The fourth-order valence-corrected chi connectivity index (χ4v) is 1.12. The molecule has 0 saturated heterocycles. The third-order valence-electron chi connectivity index (χ3n) is 1.90. The summed E-state index contributed by atoms with van der Waals surface area (Å²) in [6.45, 7) is 3.21. The van der Waals surface area contributed by atoms with E-state index in [0.717, 1.165) is 0 Å². The minimum atomic E-state index is -1.00. The lowest BCUT2D eigenvalue weighted by atomic mass is 10.2. The van der Waals surface area contributed by atoms with Crippen LogP contribution in [0.25, 0.3) is 0 Å². The summed E-state index contributed by atoms with van der Waals surface area (Å²) in [5.41, 5.74) is -1.12. The summed E-state index contributed by atoms with van der Waals surface area (Å²) in [4.78, 5) is 10.1. The highest BCUT2D eigenvalue weighted by Crippen LogP contribution is 2.27. The second-order valence-corrected chi connectivity index (χ2v) is 4.22. The maximum atomic E-state index is 10.7. The first-order valence-electron chi connectivity index (χ1n) is 5.00. The zero-order chi connectivity index (χ0) is 13.1. The number of nitro groups is 1. The van der Waals surface area contributed by atoms with Crippen LogP contribution in [0.3, 0.4) is 0 Å². The van der Waals surface area contributed by atoms with Gasteiger partial charge in [0.2, 0.25) is 0 Å². The smallest absolute Gasteiger partial charge is 0.276 e. The molecule has 6 nitrogen and oxygen atoms in total. The van der Waals surface area contributed by atoms with Crippen molar-refractivity contribution >= 4 is 5.69 Å². The van der Waals surface area contributed by atoms with E-state index in [1.807, 2.05) is 0 Å². The van der Waals surface area contributed by atoms with Crippen molar-refractivity contribution in [1.82, 2.24) is 0 Å². The number of non-ortho nitro benzene ring substituents is 1. The number of nitrogens with zero attached hydrogens (tertiary/aromatic N) is 1. The third-order valence-corrected chi connectivity index (χ3v) is 1.90. The fraction of sp³-hybridized carbons (Fsp3) is 0.455. The van der Waals surface area contributed by atoms with Crippen LogP contribution in [-0.2, 0) is 0 Å². The number of ether oxygens (including phenoxy) is 2. The Hall–Kier alpha value is -1.82. The van der Waals surface area contributed by atoms with Gasteiger partial charge in [-0.25, -0.2) is 0 Å². The van der Waals surface area contributed by atoms with Crippen molar-refractivity contribution in [2.75, 3.05) is 13.7 Å². The molecule has 0 saturated carbocycles. The van der Waals surface area contributed by atoms with Crippen molar-refractivity contribution in [3.63, 3.8) is 0 Å². The molecule has 0 aliphatic heterocycles. The first kappa shape index (κ1) is 13.2. The molecule has 0 fully saturated rings. The lowest BCUT2D eigenvalue weighted by molar-refractivity contribution is -0.385. The molecule has 0 spiro atoms. The molecule has 0 amide bonds. The van der Waals surface area contributed by atoms with Crippen LogP contribution in [0.1, 0.15) is 13.8 Å². The van der Waals surface area contributed by atoms with Crippen LogP contribution in [0.2, 0.25) is 0 Å². The number of methoxy groups -OCH3 is 1. The van der Waals surface area contributed by atoms with Gasteiger partial charge in [0.25, 0.3) is 5.69 Å². The molecule has 1 N–H and O–H groups in total. The van der Waals surface area contributed by atoms with Gasteiger partial charge in [0.05, 0.1) is 29.8 Å². The van der Waals surface area contributed by atoms with Crippen molar-refractivity contribution < 1.29 is 19.5 Å². The van der Waals surface area contributed by atoms with E-state index in [1.54, 1.807) is 13.8 Å². The first-order chi connectivity index (χ1) is 7.81. The van der Waals surface area contributed by atoms with Crippen molar-refractivity contribution in [2.24, 2.45) is 0 Å². The summed E-state index contributed by atoms with van der Waals surface area (Å²) in [5, 5.41) is 20.2. The van der Waals surface area contributed by atoms with Gasteiger partial charge < -0.3 is 14.6 Å². The van der Waals surface area contributed by atoms with E-state index in [9.17, 15) is 15.2 Å². The average Bonchev–Trinajstić information content (AvgIpc) is 2.25. The molecular weight excluding hydrogens is 226 g/mol. The maximum Gasteiger partial charge on any atom is 0.276 e. The van der Waals surface area contributed by atoms with Crippen molar-refractivity contribution in [3.05, 3.63) is 28.3 Å². The van der Waals surface area contributed by atoms with Gasteiger partial charge in [-0.3, -0.25) is 10.1 Å². The number of benzene rings is 1. The van der Waals surface area contributed by atoms with E-state index in [2.05, 4.69) is 0 Å². The normalized spacial score (nSPS) is 11.1. The first-order valence-corrected chi connectivity index (χ1v) is 5.00. The summed E-state index contributed by atoms with van der Waals surface area (Å²) < 4.78 is 10.2. The van der Waals surface area contributed by atoms with E-state index >= 15 is 0 Å². The van der Waals surface area contributed by atoms with Gasteiger partial charge in [-0.1, -0.05) is 0 Å². The molecule has 1 aromatic carbocycles. The van der Waals surface area contributed by atoms with Gasteiger partial charge in [-0.05, 0) is 13.8 Å². The minimum Gasteiger partial charge on any atom is -0.496 e. The summed E-state index contributed by atoms with van der Waals surface area (Å²) in [7, 11) is 1.42. The molecule has 0 aromatic heterocycles. The Balaban J connectivity index is 2.91. The summed E-state index contributed by atoms with van der Waals surface area (Å²) in [6, 6.07) is 4.12. The summed E-state index contributed by atoms with van der Waals surface area (Å²) in [5.74, 6) is 0.628. The number of hydrogen-bond donors (Lipinski definition) is 1. The molecule has 0 aliphatic carbocycles. The van der Waals surface area contributed by atoms with Crippen LogP contribution in [0.15, 0.2) is 18.2 Å². The monoisotopic (exact) mass is 241 g/mol. The maximum absolute atomic E-state index is 10.7. The zero-order valence-corrected chi connectivity index (χ0v) is 9.97. The van der Waals surface area contributed by atoms with E-state index in [-0.39, 0.29) is 18.0 Å². The van der Waals surface area contributed by atoms with Crippen LogP contribution in [0, 0.1) is 10.1 Å². The van der Waals surface area contributed by atoms with Gasteiger partial charge in [-0.15, -0.1) is 0 Å². The molecule has 1 aromatic rings. The number of hydrogen-bond acceptors (Lipinski definition) is 5. The Morgan fingerprint density at radius 3 is 2.41 bits per heavy atom. The molecule has 0 aliphatic rings. The van der Waals surface area contributed by atoms with Crippen molar-refractivity contribution in [3.8, 4) is 11.5 Å². The van der Waals surface area contributed by atoms with Gasteiger partial charge in [0.15, 0.2) is 0 Å². The Morgan fingerprint density at radius 1 is 1.35 bits per heavy atom. The largest absolute Gasteiger partial charge is 0.496 e. The minimum absolute atomic E-state index is 0.0390. The third kappa shape index (κ3) is 4.28. The number of nitro benzene ring substituents is 1. The highest BCUT2D eigenvalue weighted by molar-refractivity contribution is 5.46. The molecule has 6 heteroatoms.